The van der Waals surface area contributed by atoms with E-state index in [0.717, 1.165) is 25.7 Å². The maximum atomic E-state index is 14.4. The summed E-state index contributed by atoms with van der Waals surface area (Å²) >= 11 is 0. The maximum absolute atomic E-state index is 14.4. The van der Waals surface area contributed by atoms with Crippen molar-refractivity contribution in [3.8, 4) is 23.0 Å². The van der Waals surface area contributed by atoms with E-state index in [1.165, 1.54) is 57.6 Å². The van der Waals surface area contributed by atoms with Gasteiger partial charge < -0.3 is 69.1 Å². The van der Waals surface area contributed by atoms with Crippen LogP contribution < -0.4 is 45.5 Å². The van der Waals surface area contributed by atoms with Crippen LogP contribution in [0.3, 0.4) is 0 Å². The minimum atomic E-state index is -0.984. The van der Waals surface area contributed by atoms with Crippen molar-refractivity contribution in [3.63, 3.8) is 0 Å². The summed E-state index contributed by atoms with van der Waals surface area (Å²) in [5.41, 5.74) is 1.26. The third-order valence-electron chi connectivity index (χ3n) is 14.7. The number of nitrogens with zero attached hydrogens (tertiary/aromatic N) is 2. The number of likely N-dealkylation sites (tertiary alicyclic amines) is 2. The van der Waals surface area contributed by atoms with Crippen molar-refractivity contribution < 1.29 is 76.9 Å². The quantitative estimate of drug-likeness (QED) is 0.0260. The number of ether oxygens (including phenoxy) is 7. The van der Waals surface area contributed by atoms with Crippen molar-refractivity contribution in [1.29, 1.82) is 0 Å². The molecule has 2 saturated heterocycles. The van der Waals surface area contributed by atoms with Crippen LogP contribution in [0.15, 0.2) is 73.8 Å². The van der Waals surface area contributed by atoms with Crippen molar-refractivity contribution in [3.05, 3.63) is 90.5 Å². The number of anilines is 3. The van der Waals surface area contributed by atoms with E-state index in [4.69, 9.17) is 33.2 Å². The second kappa shape index (κ2) is 26.7. The van der Waals surface area contributed by atoms with Crippen molar-refractivity contribution >= 4 is 59.0 Å². The SMILES string of the molecule is C=CCOC(=O)Nc1cc(OCCCOc2cc(NC(=O)OCc3ccc(NC(=O)C(C)NC(=O)C(NC(=O)OCC=C)C(C)C)cc3)c(C(=O)N3CC4(CC4)C[C@H]3CO)cc2OC)c(OC)cc1C(=O)N1CC2(CC2)C[C@H]1CO. The Morgan fingerprint density at radius 1 is 0.637 bits per heavy atom. The number of aliphatic hydroxyl groups is 2. The van der Waals surface area contributed by atoms with Gasteiger partial charge in [-0.05, 0) is 92.0 Å². The molecule has 0 bridgehead atoms. The first-order chi connectivity index (χ1) is 38.4. The van der Waals surface area contributed by atoms with Crippen LogP contribution in [0.2, 0.25) is 0 Å². The molecule has 3 aromatic carbocycles. The summed E-state index contributed by atoms with van der Waals surface area (Å²) in [7, 11) is 2.83. The lowest BCUT2D eigenvalue weighted by Crippen LogP contribution is -2.53. The zero-order valence-electron chi connectivity index (χ0n) is 45.9. The van der Waals surface area contributed by atoms with Crippen LogP contribution in [-0.2, 0) is 30.4 Å². The molecular formula is C57H73N7O16. The lowest BCUT2D eigenvalue weighted by molar-refractivity contribution is -0.128. The predicted molar refractivity (Wildman–Crippen MR) is 293 cm³/mol. The number of alkyl carbamates (subject to hydrolysis) is 1. The number of nitrogens with one attached hydrogen (secondary N) is 5. The van der Waals surface area contributed by atoms with Gasteiger partial charge in [0, 0.05) is 37.3 Å². The van der Waals surface area contributed by atoms with E-state index < -0.39 is 54.1 Å². The van der Waals surface area contributed by atoms with E-state index in [0.29, 0.717) is 37.2 Å². The van der Waals surface area contributed by atoms with Crippen molar-refractivity contribution in [2.75, 3.05) is 82.9 Å². The van der Waals surface area contributed by atoms with Crippen molar-refractivity contribution in [2.24, 2.45) is 16.7 Å². The molecular weight excluding hydrogens is 1040 g/mol. The molecule has 432 valence electrons. The number of carbonyl (C=O) groups excluding carboxylic acids is 7. The lowest BCUT2D eigenvalue weighted by atomic mass is 10.0. The van der Waals surface area contributed by atoms with E-state index in [2.05, 4.69) is 39.7 Å². The van der Waals surface area contributed by atoms with Crippen LogP contribution in [0.1, 0.15) is 92.0 Å². The Kier molecular flexibility index (Phi) is 19.9. The van der Waals surface area contributed by atoms with Gasteiger partial charge >= 0.3 is 18.3 Å². The molecule has 80 heavy (non-hydrogen) atoms. The number of rotatable bonds is 26. The minimum absolute atomic E-state index is 0.00283. The molecule has 2 unspecified atom stereocenters. The minimum Gasteiger partial charge on any atom is -0.493 e. The number of carbonyl (C=O) groups is 7. The fourth-order valence-electron chi connectivity index (χ4n) is 9.88. The maximum Gasteiger partial charge on any atom is 0.411 e. The predicted octanol–water partition coefficient (Wildman–Crippen LogP) is 6.39. The summed E-state index contributed by atoms with van der Waals surface area (Å²) in [6.07, 6.45) is 5.72. The average molecular weight is 1110 g/mol. The zero-order chi connectivity index (χ0) is 57.7. The van der Waals surface area contributed by atoms with Crippen molar-refractivity contribution in [1.82, 2.24) is 20.4 Å². The highest BCUT2D eigenvalue weighted by atomic mass is 16.6. The Morgan fingerprint density at radius 3 is 1.55 bits per heavy atom. The third-order valence-corrected chi connectivity index (χ3v) is 14.7. The Hall–Kier alpha value is -8.05. The fraction of sp³-hybridized carbons (Fsp3) is 0.491. The zero-order valence-corrected chi connectivity index (χ0v) is 45.9. The van der Waals surface area contributed by atoms with Gasteiger partial charge in [0.1, 0.15) is 31.9 Å². The molecule has 7 rings (SSSR count). The summed E-state index contributed by atoms with van der Waals surface area (Å²) in [4.78, 5) is 96.3. The molecule has 0 radical (unpaired) electrons. The second-order valence-electron chi connectivity index (χ2n) is 21.0. The Labute approximate surface area is 464 Å². The topological polar surface area (TPSA) is 291 Å². The normalized spacial score (nSPS) is 17.8. The first-order valence-electron chi connectivity index (χ1n) is 26.6. The molecule has 3 aromatic rings. The Bertz CT molecular complexity index is 2780. The average Bonchev–Trinajstić information content (AvgIpc) is 4.52. The van der Waals surface area contributed by atoms with E-state index >= 15 is 0 Å². The Morgan fingerprint density at radius 2 is 1.11 bits per heavy atom. The van der Waals surface area contributed by atoms with Gasteiger partial charge in [0.15, 0.2) is 23.0 Å². The molecule has 0 aromatic heterocycles. The monoisotopic (exact) mass is 1110 g/mol. The van der Waals surface area contributed by atoms with Crippen molar-refractivity contribution in [2.45, 2.75) is 96.5 Å². The summed E-state index contributed by atoms with van der Waals surface area (Å²) < 4.78 is 39.4. The van der Waals surface area contributed by atoms with E-state index in [-0.39, 0.29) is 127 Å². The molecule has 2 aliphatic carbocycles. The van der Waals surface area contributed by atoms with Gasteiger partial charge in [-0.3, -0.25) is 29.8 Å². The van der Waals surface area contributed by atoms with Crippen LogP contribution in [0.5, 0.6) is 23.0 Å². The molecule has 2 spiro atoms. The molecule has 23 heteroatoms. The first-order valence-corrected chi connectivity index (χ1v) is 26.6. The first kappa shape index (κ1) is 59.6. The van der Waals surface area contributed by atoms with E-state index in [1.54, 1.807) is 47.9 Å². The van der Waals surface area contributed by atoms with Crippen LogP contribution in [0.4, 0.5) is 31.4 Å². The molecule has 2 aliphatic heterocycles. The lowest BCUT2D eigenvalue weighted by Gasteiger charge is -2.25. The molecule has 2 heterocycles. The number of methoxy groups -OCH3 is 2. The van der Waals surface area contributed by atoms with Crippen LogP contribution >= 0.6 is 0 Å². The number of aliphatic hydroxyl groups excluding tert-OH is 2. The van der Waals surface area contributed by atoms with Crippen LogP contribution in [0.25, 0.3) is 0 Å². The van der Waals surface area contributed by atoms with Gasteiger partial charge in [-0.15, -0.1) is 0 Å². The third kappa shape index (κ3) is 15.0. The highest BCUT2D eigenvalue weighted by Crippen LogP contribution is 2.56. The van der Waals surface area contributed by atoms with Gasteiger partial charge in [-0.1, -0.05) is 51.3 Å². The molecule has 2 saturated carbocycles. The largest absolute Gasteiger partial charge is 0.493 e. The smallest absolute Gasteiger partial charge is 0.411 e. The fourth-order valence-corrected chi connectivity index (χ4v) is 9.88. The van der Waals surface area contributed by atoms with Gasteiger partial charge in [0.2, 0.25) is 11.8 Å². The molecule has 7 N–H and O–H groups in total. The van der Waals surface area contributed by atoms with Crippen LogP contribution in [0, 0.1) is 16.7 Å². The summed E-state index contributed by atoms with van der Waals surface area (Å²) in [6, 6.07) is 9.57. The molecule has 7 amide bonds. The van der Waals surface area contributed by atoms with E-state index in [9.17, 15) is 43.8 Å². The van der Waals surface area contributed by atoms with Gasteiger partial charge in [-0.25, -0.2) is 14.4 Å². The number of hydrogen-bond donors (Lipinski definition) is 7. The number of amides is 7. The highest BCUT2D eigenvalue weighted by Gasteiger charge is 2.54. The highest BCUT2D eigenvalue weighted by molar-refractivity contribution is 6.05. The molecule has 4 fully saturated rings. The van der Waals surface area contributed by atoms with Gasteiger partial charge in [-0.2, -0.15) is 0 Å². The van der Waals surface area contributed by atoms with Gasteiger partial charge in [0.05, 0.1) is 75.2 Å². The van der Waals surface area contributed by atoms with Crippen LogP contribution in [-0.4, -0.2) is 153 Å². The van der Waals surface area contributed by atoms with Gasteiger partial charge in [0.25, 0.3) is 11.8 Å². The Balaban J connectivity index is 0.998. The molecule has 23 nitrogen and oxygen atoms in total. The summed E-state index contributed by atoms with van der Waals surface area (Å²) in [5, 5.41) is 33.7. The molecule has 4 aliphatic rings. The summed E-state index contributed by atoms with van der Waals surface area (Å²) in [5.74, 6) is -1.47. The number of hydrogen-bond acceptors (Lipinski definition) is 16. The summed E-state index contributed by atoms with van der Waals surface area (Å²) in [6.45, 7) is 12.3. The molecule has 4 atom stereocenters. The second-order valence-corrected chi connectivity index (χ2v) is 21.0. The number of benzene rings is 3. The standard InChI is InChI=1S/C57H73N7O16/c1-8-19-78-53(71)60-42-25-46(44(74-6)23-40(42)51(69)63-32-56(15-16-56)27-38(63)29-65)76-21-10-22-77-47-26-43(41(24-45(47)75-7)52(70)64-33-57(17-18-57)28-39(64)30-66)61-54(72)80-31-36-11-13-37(14-12-36)59-49(67)35(5)58-50(68)48(34(3)4)62-55(73)79-20-9-2/h8-9,11-14,23-26,34-35,38-39,48,65-66H,1-2,10,15-22,27-33H2,3-7H3,(H,58,68)(H,59,67)(H,60,71)(H,61,72)(H,62,73)/t35?,38-,39-,48?/m0/s1. The van der Waals surface area contributed by atoms with E-state index in [1.807, 2.05) is 0 Å².